The molecular weight excluding hydrogens is 195 g/mol. The van der Waals surface area contributed by atoms with Gasteiger partial charge < -0.3 is 11.1 Å². The van der Waals surface area contributed by atoms with Crippen LogP contribution in [-0.2, 0) is 0 Å². The van der Waals surface area contributed by atoms with Crippen LogP contribution >= 0.6 is 0 Å². The van der Waals surface area contributed by atoms with E-state index in [2.05, 4.69) is 10.3 Å². The average Bonchev–Trinajstić information content (AvgIpc) is 2.01. The van der Waals surface area contributed by atoms with Gasteiger partial charge in [0.15, 0.2) is 0 Å². The third-order valence-corrected chi connectivity index (χ3v) is 1.50. The van der Waals surface area contributed by atoms with E-state index in [1.165, 1.54) is 12.3 Å². The predicted octanol–water partition coefficient (Wildman–Crippen LogP) is 2.03. The first kappa shape index (κ1) is 10.6. The van der Waals surface area contributed by atoms with Crippen molar-refractivity contribution in [2.24, 2.45) is 0 Å². The molecule has 0 unspecified atom stereocenters. The summed E-state index contributed by atoms with van der Waals surface area (Å²) in [5.74, 6) is 0.356. The number of hydrogen-bond acceptors (Lipinski definition) is 3. The lowest BCUT2D eigenvalue weighted by Crippen LogP contribution is -2.15. The van der Waals surface area contributed by atoms with Crippen molar-refractivity contribution in [3.63, 3.8) is 0 Å². The van der Waals surface area contributed by atoms with Crippen molar-refractivity contribution in [3.05, 3.63) is 18.3 Å². The fourth-order valence-electron chi connectivity index (χ4n) is 0.876. The lowest BCUT2D eigenvalue weighted by molar-refractivity contribution is -0.131. The van der Waals surface area contributed by atoms with Gasteiger partial charge in [-0.2, -0.15) is 13.2 Å². The van der Waals surface area contributed by atoms with E-state index in [4.69, 9.17) is 5.73 Å². The minimum atomic E-state index is -4.15. The maximum atomic E-state index is 11.8. The highest BCUT2D eigenvalue weighted by atomic mass is 19.4. The Morgan fingerprint density at radius 3 is 2.71 bits per heavy atom. The molecule has 3 nitrogen and oxygen atoms in total. The molecule has 78 valence electrons. The molecule has 1 aromatic heterocycles. The Balaban J connectivity index is 2.39. The fraction of sp³-hybridized carbons (Fsp3) is 0.375. The molecule has 1 aromatic rings. The summed E-state index contributed by atoms with van der Waals surface area (Å²) < 4.78 is 35.3. The summed E-state index contributed by atoms with van der Waals surface area (Å²) in [7, 11) is 0. The van der Waals surface area contributed by atoms with Crippen LogP contribution in [0.3, 0.4) is 0 Å². The topological polar surface area (TPSA) is 50.9 Å². The van der Waals surface area contributed by atoms with Gasteiger partial charge in [0, 0.05) is 24.5 Å². The Morgan fingerprint density at radius 2 is 2.14 bits per heavy atom. The van der Waals surface area contributed by atoms with Crippen molar-refractivity contribution in [2.75, 3.05) is 17.6 Å². The van der Waals surface area contributed by atoms with Crippen LogP contribution in [0.5, 0.6) is 0 Å². The number of alkyl halides is 3. The molecule has 0 bridgehead atoms. The number of anilines is 2. The molecule has 1 heterocycles. The third kappa shape index (κ3) is 3.97. The van der Waals surface area contributed by atoms with Crippen LogP contribution in [0.4, 0.5) is 24.7 Å². The van der Waals surface area contributed by atoms with Crippen molar-refractivity contribution < 1.29 is 13.2 Å². The normalized spacial score (nSPS) is 11.4. The molecule has 0 aliphatic rings. The highest BCUT2D eigenvalue weighted by molar-refractivity contribution is 5.48. The van der Waals surface area contributed by atoms with Crippen LogP contribution in [0.25, 0.3) is 0 Å². The zero-order valence-electron chi connectivity index (χ0n) is 7.30. The van der Waals surface area contributed by atoms with E-state index in [0.29, 0.717) is 11.5 Å². The van der Waals surface area contributed by atoms with Crippen LogP contribution in [0.15, 0.2) is 18.3 Å². The Kier molecular flexibility index (Phi) is 3.16. The number of rotatable bonds is 3. The van der Waals surface area contributed by atoms with Crippen LogP contribution in [0.1, 0.15) is 6.42 Å². The van der Waals surface area contributed by atoms with E-state index in [0.717, 1.165) is 0 Å². The number of nitrogens with one attached hydrogen (secondary N) is 1. The van der Waals surface area contributed by atoms with Crippen molar-refractivity contribution >= 4 is 11.5 Å². The van der Waals surface area contributed by atoms with Crippen LogP contribution < -0.4 is 11.1 Å². The average molecular weight is 205 g/mol. The molecule has 0 amide bonds. The summed E-state index contributed by atoms with van der Waals surface area (Å²) in [5, 5.41) is 2.53. The molecule has 0 spiro atoms. The van der Waals surface area contributed by atoms with Gasteiger partial charge in [0.2, 0.25) is 0 Å². The maximum absolute atomic E-state index is 11.8. The summed E-state index contributed by atoms with van der Waals surface area (Å²) in [5.41, 5.74) is 5.88. The SMILES string of the molecule is Nc1ccnc(NCCC(F)(F)F)c1. The number of nitrogen functional groups attached to an aromatic ring is 1. The Hall–Kier alpha value is -1.46. The van der Waals surface area contributed by atoms with Crippen molar-refractivity contribution in [3.8, 4) is 0 Å². The fourth-order valence-corrected chi connectivity index (χ4v) is 0.876. The monoisotopic (exact) mass is 205 g/mol. The van der Waals surface area contributed by atoms with Gasteiger partial charge >= 0.3 is 6.18 Å². The first-order valence-corrected chi connectivity index (χ1v) is 3.99. The molecular formula is C8H10F3N3. The molecule has 14 heavy (non-hydrogen) atoms. The minimum Gasteiger partial charge on any atom is -0.399 e. The van der Waals surface area contributed by atoms with Gasteiger partial charge in [-0.05, 0) is 6.07 Å². The van der Waals surface area contributed by atoms with Crippen molar-refractivity contribution in [2.45, 2.75) is 12.6 Å². The Bertz CT molecular complexity index is 298. The molecule has 0 fully saturated rings. The van der Waals surface area contributed by atoms with Crippen molar-refractivity contribution in [1.29, 1.82) is 0 Å². The maximum Gasteiger partial charge on any atom is 0.390 e. The second kappa shape index (κ2) is 4.17. The lowest BCUT2D eigenvalue weighted by atomic mass is 10.4. The number of halogens is 3. The molecule has 0 aliphatic heterocycles. The third-order valence-electron chi connectivity index (χ3n) is 1.50. The second-order valence-electron chi connectivity index (χ2n) is 2.77. The van der Waals surface area contributed by atoms with E-state index in [9.17, 15) is 13.2 Å². The quantitative estimate of drug-likeness (QED) is 0.793. The van der Waals surface area contributed by atoms with Gasteiger partial charge in [0.25, 0.3) is 0 Å². The predicted molar refractivity (Wildman–Crippen MR) is 47.8 cm³/mol. The summed E-state index contributed by atoms with van der Waals surface area (Å²) >= 11 is 0. The molecule has 0 aliphatic carbocycles. The molecule has 1 rings (SSSR count). The van der Waals surface area contributed by atoms with Gasteiger partial charge in [-0.15, -0.1) is 0 Å². The largest absolute Gasteiger partial charge is 0.399 e. The van der Waals surface area contributed by atoms with Gasteiger partial charge in [-0.1, -0.05) is 0 Å². The smallest absolute Gasteiger partial charge is 0.390 e. The first-order valence-electron chi connectivity index (χ1n) is 3.99. The summed E-state index contributed by atoms with van der Waals surface area (Å²) in [6.07, 6.45) is -3.60. The van der Waals surface area contributed by atoms with Crippen LogP contribution in [0, 0.1) is 0 Å². The summed E-state index contributed by atoms with van der Waals surface area (Å²) in [4.78, 5) is 3.80. The molecule has 0 saturated heterocycles. The Morgan fingerprint density at radius 1 is 1.43 bits per heavy atom. The molecule has 0 atom stereocenters. The van der Waals surface area contributed by atoms with E-state index >= 15 is 0 Å². The van der Waals surface area contributed by atoms with Gasteiger partial charge in [-0.25, -0.2) is 4.98 Å². The number of hydrogen-bond donors (Lipinski definition) is 2. The Labute approximate surface area is 79.1 Å². The highest BCUT2D eigenvalue weighted by Gasteiger charge is 2.26. The second-order valence-corrected chi connectivity index (χ2v) is 2.77. The number of pyridine rings is 1. The zero-order valence-corrected chi connectivity index (χ0v) is 7.30. The summed E-state index contributed by atoms with van der Waals surface area (Å²) in [6.45, 7) is -0.194. The zero-order chi connectivity index (χ0) is 10.6. The van der Waals surface area contributed by atoms with E-state index in [1.54, 1.807) is 6.07 Å². The highest BCUT2D eigenvalue weighted by Crippen LogP contribution is 2.19. The van der Waals surface area contributed by atoms with Gasteiger partial charge in [0.05, 0.1) is 6.42 Å². The minimum absolute atomic E-state index is 0.194. The number of aromatic nitrogens is 1. The van der Waals surface area contributed by atoms with Gasteiger partial charge in [0.1, 0.15) is 5.82 Å². The molecule has 3 N–H and O–H groups in total. The number of nitrogens with two attached hydrogens (primary N) is 1. The van der Waals surface area contributed by atoms with Gasteiger partial charge in [-0.3, -0.25) is 0 Å². The first-order chi connectivity index (χ1) is 6.47. The molecule has 0 saturated carbocycles. The van der Waals surface area contributed by atoms with Crippen molar-refractivity contribution in [1.82, 2.24) is 4.98 Å². The van der Waals surface area contributed by atoms with Crippen LogP contribution in [-0.4, -0.2) is 17.7 Å². The molecule has 6 heteroatoms. The standard InChI is InChI=1S/C8H10F3N3/c9-8(10,11)2-4-14-7-5-6(12)1-3-13-7/h1,3,5H,2,4H2,(H3,12,13,14). The van der Waals surface area contributed by atoms with E-state index in [-0.39, 0.29) is 6.54 Å². The van der Waals surface area contributed by atoms with Crippen LogP contribution in [0.2, 0.25) is 0 Å². The van der Waals surface area contributed by atoms with E-state index in [1.807, 2.05) is 0 Å². The number of nitrogens with zero attached hydrogens (tertiary/aromatic N) is 1. The van der Waals surface area contributed by atoms with E-state index < -0.39 is 12.6 Å². The lowest BCUT2D eigenvalue weighted by Gasteiger charge is -2.08. The molecule has 0 aromatic carbocycles. The summed E-state index contributed by atoms with van der Waals surface area (Å²) in [6, 6.07) is 3.05. The molecule has 0 radical (unpaired) electrons.